The summed E-state index contributed by atoms with van der Waals surface area (Å²) in [7, 11) is 0. The minimum atomic E-state index is -0.126. The molecule has 0 fully saturated rings. The average Bonchev–Trinajstić information content (AvgIpc) is 2.56. The SMILES string of the molecule is CCCCC[C@H](O)C1=CCCC1. The van der Waals surface area contributed by atoms with E-state index in [-0.39, 0.29) is 6.10 Å². The maximum Gasteiger partial charge on any atom is 0.0750 e. The quantitative estimate of drug-likeness (QED) is 0.494. The Kier molecular flexibility index (Phi) is 4.37. The normalized spacial score (nSPS) is 19.3. The Bertz CT molecular complexity index is 149. The van der Waals surface area contributed by atoms with Crippen LogP contribution in [-0.2, 0) is 0 Å². The lowest BCUT2D eigenvalue weighted by molar-refractivity contribution is 0.193. The van der Waals surface area contributed by atoms with Crippen molar-refractivity contribution in [2.45, 2.75) is 58.0 Å². The molecule has 1 heteroatoms. The molecule has 0 amide bonds. The molecule has 0 spiro atoms. The van der Waals surface area contributed by atoms with Gasteiger partial charge in [-0.3, -0.25) is 0 Å². The van der Waals surface area contributed by atoms with Crippen LogP contribution in [-0.4, -0.2) is 11.2 Å². The number of rotatable bonds is 5. The van der Waals surface area contributed by atoms with Gasteiger partial charge in [0.05, 0.1) is 6.10 Å². The van der Waals surface area contributed by atoms with Crippen LogP contribution < -0.4 is 0 Å². The molecule has 70 valence electrons. The fourth-order valence-electron chi connectivity index (χ4n) is 1.77. The van der Waals surface area contributed by atoms with E-state index in [9.17, 15) is 5.11 Å². The fraction of sp³-hybridized carbons (Fsp3) is 0.818. The highest BCUT2D eigenvalue weighted by Gasteiger charge is 2.13. The zero-order chi connectivity index (χ0) is 8.81. The Labute approximate surface area is 75.5 Å². The van der Waals surface area contributed by atoms with Crippen LogP contribution in [0.1, 0.15) is 51.9 Å². The van der Waals surface area contributed by atoms with E-state index in [1.807, 2.05) is 0 Å². The summed E-state index contributed by atoms with van der Waals surface area (Å²) in [5, 5.41) is 9.71. The number of hydrogen-bond acceptors (Lipinski definition) is 1. The summed E-state index contributed by atoms with van der Waals surface area (Å²) in [4.78, 5) is 0. The van der Waals surface area contributed by atoms with Gasteiger partial charge in [0.1, 0.15) is 0 Å². The topological polar surface area (TPSA) is 20.2 Å². The predicted molar refractivity (Wildman–Crippen MR) is 52.1 cm³/mol. The van der Waals surface area contributed by atoms with Gasteiger partial charge in [0.25, 0.3) is 0 Å². The van der Waals surface area contributed by atoms with E-state index in [2.05, 4.69) is 13.0 Å². The van der Waals surface area contributed by atoms with E-state index in [1.165, 1.54) is 37.7 Å². The van der Waals surface area contributed by atoms with Crippen LogP contribution >= 0.6 is 0 Å². The molecule has 0 aromatic rings. The first-order chi connectivity index (χ1) is 5.84. The van der Waals surface area contributed by atoms with Gasteiger partial charge in [0.2, 0.25) is 0 Å². The van der Waals surface area contributed by atoms with E-state index < -0.39 is 0 Å². The lowest BCUT2D eigenvalue weighted by atomic mass is 10.0. The number of allylic oxidation sites excluding steroid dienone is 1. The molecule has 1 atom stereocenters. The molecule has 0 bridgehead atoms. The number of hydrogen-bond donors (Lipinski definition) is 1. The van der Waals surface area contributed by atoms with Crippen molar-refractivity contribution in [3.8, 4) is 0 Å². The summed E-state index contributed by atoms with van der Waals surface area (Å²) in [6.07, 6.45) is 10.3. The van der Waals surface area contributed by atoms with Crippen molar-refractivity contribution in [3.05, 3.63) is 11.6 Å². The zero-order valence-corrected chi connectivity index (χ0v) is 8.05. The Morgan fingerprint density at radius 1 is 1.50 bits per heavy atom. The molecule has 0 heterocycles. The lowest BCUT2D eigenvalue weighted by Crippen LogP contribution is -2.08. The first-order valence-electron chi connectivity index (χ1n) is 5.21. The highest BCUT2D eigenvalue weighted by atomic mass is 16.3. The standard InChI is InChI=1S/C11H20O/c1-2-3-4-9-11(12)10-7-5-6-8-10/h7,11-12H,2-6,8-9H2,1H3/t11-/m0/s1. The molecule has 0 aliphatic heterocycles. The maximum absolute atomic E-state index is 9.71. The molecule has 0 saturated heterocycles. The van der Waals surface area contributed by atoms with Gasteiger partial charge in [0, 0.05) is 0 Å². The third-order valence-corrected chi connectivity index (χ3v) is 2.59. The lowest BCUT2D eigenvalue weighted by Gasteiger charge is -2.10. The molecular formula is C11H20O. The van der Waals surface area contributed by atoms with Gasteiger partial charge in [-0.2, -0.15) is 0 Å². The van der Waals surface area contributed by atoms with Crippen LogP contribution in [0.3, 0.4) is 0 Å². The van der Waals surface area contributed by atoms with Crippen LogP contribution in [0.15, 0.2) is 11.6 Å². The Hall–Kier alpha value is -0.300. The summed E-state index contributed by atoms with van der Waals surface area (Å²) < 4.78 is 0. The van der Waals surface area contributed by atoms with Crippen molar-refractivity contribution in [1.29, 1.82) is 0 Å². The average molecular weight is 168 g/mol. The highest BCUT2D eigenvalue weighted by Crippen LogP contribution is 2.23. The second-order valence-electron chi connectivity index (χ2n) is 3.68. The summed E-state index contributed by atoms with van der Waals surface area (Å²) in [6.45, 7) is 2.20. The van der Waals surface area contributed by atoms with Crippen LogP contribution in [0.5, 0.6) is 0 Å². The smallest absolute Gasteiger partial charge is 0.0750 e. The van der Waals surface area contributed by atoms with E-state index in [1.54, 1.807) is 0 Å². The Balaban J connectivity index is 2.14. The van der Waals surface area contributed by atoms with Crippen LogP contribution in [0.2, 0.25) is 0 Å². The number of aliphatic hydroxyl groups excluding tert-OH is 1. The predicted octanol–water partition coefficient (Wildman–Crippen LogP) is 3.04. The fourth-order valence-corrected chi connectivity index (χ4v) is 1.77. The molecule has 0 aromatic heterocycles. The third-order valence-electron chi connectivity index (χ3n) is 2.59. The summed E-state index contributed by atoms with van der Waals surface area (Å²) in [6, 6.07) is 0. The summed E-state index contributed by atoms with van der Waals surface area (Å²) in [5.74, 6) is 0. The van der Waals surface area contributed by atoms with Crippen LogP contribution in [0.25, 0.3) is 0 Å². The summed E-state index contributed by atoms with van der Waals surface area (Å²) >= 11 is 0. The molecule has 12 heavy (non-hydrogen) atoms. The molecule has 0 radical (unpaired) electrons. The van der Waals surface area contributed by atoms with Gasteiger partial charge in [0.15, 0.2) is 0 Å². The molecule has 1 nitrogen and oxygen atoms in total. The molecule has 1 aliphatic carbocycles. The number of aliphatic hydroxyl groups is 1. The minimum Gasteiger partial charge on any atom is -0.389 e. The first-order valence-corrected chi connectivity index (χ1v) is 5.21. The second kappa shape index (κ2) is 5.36. The van der Waals surface area contributed by atoms with Crippen molar-refractivity contribution < 1.29 is 5.11 Å². The van der Waals surface area contributed by atoms with Crippen molar-refractivity contribution in [2.75, 3.05) is 0 Å². The molecule has 0 saturated carbocycles. The van der Waals surface area contributed by atoms with Gasteiger partial charge < -0.3 is 5.11 Å². The van der Waals surface area contributed by atoms with Crippen LogP contribution in [0.4, 0.5) is 0 Å². The molecule has 1 rings (SSSR count). The Morgan fingerprint density at radius 3 is 2.92 bits per heavy atom. The molecular weight excluding hydrogens is 148 g/mol. The largest absolute Gasteiger partial charge is 0.389 e. The minimum absolute atomic E-state index is 0.126. The molecule has 0 aromatic carbocycles. The van der Waals surface area contributed by atoms with Gasteiger partial charge in [-0.05, 0) is 31.3 Å². The highest BCUT2D eigenvalue weighted by molar-refractivity contribution is 5.12. The number of unbranched alkanes of at least 4 members (excludes halogenated alkanes) is 2. The zero-order valence-electron chi connectivity index (χ0n) is 8.05. The van der Waals surface area contributed by atoms with E-state index in [4.69, 9.17) is 0 Å². The first kappa shape index (κ1) is 9.79. The van der Waals surface area contributed by atoms with E-state index in [0.717, 1.165) is 12.8 Å². The van der Waals surface area contributed by atoms with Gasteiger partial charge in [-0.25, -0.2) is 0 Å². The van der Waals surface area contributed by atoms with Gasteiger partial charge >= 0.3 is 0 Å². The Morgan fingerprint density at radius 2 is 2.33 bits per heavy atom. The maximum atomic E-state index is 9.71. The molecule has 0 unspecified atom stereocenters. The van der Waals surface area contributed by atoms with Crippen molar-refractivity contribution in [2.24, 2.45) is 0 Å². The van der Waals surface area contributed by atoms with Crippen molar-refractivity contribution >= 4 is 0 Å². The second-order valence-corrected chi connectivity index (χ2v) is 3.68. The molecule has 1 N–H and O–H groups in total. The van der Waals surface area contributed by atoms with E-state index in [0.29, 0.717) is 0 Å². The van der Waals surface area contributed by atoms with Crippen molar-refractivity contribution in [3.63, 3.8) is 0 Å². The van der Waals surface area contributed by atoms with Crippen LogP contribution in [0, 0.1) is 0 Å². The van der Waals surface area contributed by atoms with E-state index >= 15 is 0 Å². The van der Waals surface area contributed by atoms with Gasteiger partial charge in [-0.1, -0.05) is 32.3 Å². The third kappa shape index (κ3) is 2.98. The summed E-state index contributed by atoms with van der Waals surface area (Å²) in [5.41, 5.74) is 1.30. The van der Waals surface area contributed by atoms with Gasteiger partial charge in [-0.15, -0.1) is 0 Å². The van der Waals surface area contributed by atoms with Crippen molar-refractivity contribution in [1.82, 2.24) is 0 Å². The molecule has 1 aliphatic rings. The monoisotopic (exact) mass is 168 g/mol.